The van der Waals surface area contributed by atoms with Gasteiger partial charge in [0.05, 0.1) is 23.1 Å². The molecule has 1 heterocycles. The summed E-state index contributed by atoms with van der Waals surface area (Å²) < 4.78 is 37.1. The molecule has 206 valence electrons. The Hall–Kier alpha value is -5.00. The lowest BCUT2D eigenvalue weighted by atomic mass is 9.83. The van der Waals surface area contributed by atoms with Gasteiger partial charge in [-0.15, -0.1) is 0 Å². The third kappa shape index (κ3) is 5.81. The molecule has 0 amide bonds. The molecule has 1 atom stereocenters. The summed E-state index contributed by atoms with van der Waals surface area (Å²) >= 11 is 6.13. The number of halogens is 2. The summed E-state index contributed by atoms with van der Waals surface area (Å²) in [6.07, 6.45) is 0. The van der Waals surface area contributed by atoms with Gasteiger partial charge in [0.25, 0.3) is 0 Å². The van der Waals surface area contributed by atoms with E-state index >= 15 is 0 Å². The fourth-order valence-electron chi connectivity index (χ4n) is 4.49. The molecule has 1 aliphatic heterocycles. The third-order valence-electron chi connectivity index (χ3n) is 6.44. The molecule has 0 spiro atoms. The molecule has 1 aliphatic rings. The molecular weight excluding hydrogens is 547 g/mol. The molecule has 7 nitrogen and oxygen atoms in total. The molecule has 0 aromatic heterocycles. The molecule has 0 bridgehead atoms. The Morgan fingerprint density at radius 2 is 1.80 bits per heavy atom. The Labute approximate surface area is 241 Å². The van der Waals surface area contributed by atoms with Crippen LogP contribution < -0.4 is 24.7 Å². The molecule has 0 radical (unpaired) electrons. The Balaban J connectivity index is 1.46. The number of hydrogen-bond acceptors (Lipinski definition) is 7. The van der Waals surface area contributed by atoms with Crippen molar-refractivity contribution in [1.82, 2.24) is 0 Å². The summed E-state index contributed by atoms with van der Waals surface area (Å²) in [5.41, 5.74) is 8.33. The van der Waals surface area contributed by atoms with E-state index in [1.807, 2.05) is 6.92 Å². The molecule has 4 aromatic rings. The van der Waals surface area contributed by atoms with Crippen LogP contribution in [0.4, 0.5) is 4.39 Å². The molecule has 0 saturated carbocycles. The summed E-state index contributed by atoms with van der Waals surface area (Å²) in [6, 6.07) is 25.2. The van der Waals surface area contributed by atoms with Crippen molar-refractivity contribution >= 4 is 17.6 Å². The average molecular weight is 571 g/mol. The van der Waals surface area contributed by atoms with Gasteiger partial charge in [0.2, 0.25) is 5.88 Å². The van der Waals surface area contributed by atoms with Gasteiger partial charge < -0.3 is 24.7 Å². The van der Waals surface area contributed by atoms with Crippen molar-refractivity contribution in [2.45, 2.75) is 19.4 Å². The zero-order valence-electron chi connectivity index (χ0n) is 21.9. The van der Waals surface area contributed by atoms with Crippen molar-refractivity contribution in [2.75, 3.05) is 6.61 Å². The van der Waals surface area contributed by atoms with Crippen molar-refractivity contribution in [3.05, 3.63) is 129 Å². The summed E-state index contributed by atoms with van der Waals surface area (Å²) in [7, 11) is 0. The van der Waals surface area contributed by atoms with Gasteiger partial charge in [-0.05, 0) is 48.9 Å². The topological polar surface area (TPSA) is 104 Å². The second kappa shape index (κ2) is 12.0. The fraction of sp³-hybridized carbons (Fsp3) is 0.125. The molecule has 5 rings (SSSR count). The lowest BCUT2D eigenvalue weighted by Crippen LogP contribution is -2.21. The molecule has 1 unspecified atom stereocenters. The van der Waals surface area contributed by atoms with E-state index in [4.69, 9.17) is 36.3 Å². The van der Waals surface area contributed by atoms with Crippen LogP contribution in [-0.2, 0) is 6.61 Å². The maximum atomic E-state index is 14.1. The monoisotopic (exact) mass is 570 g/mol. The predicted molar refractivity (Wildman–Crippen MR) is 150 cm³/mol. The number of carbonyl (C=O) groups is 1. The van der Waals surface area contributed by atoms with E-state index in [1.165, 1.54) is 12.1 Å². The van der Waals surface area contributed by atoms with E-state index in [9.17, 15) is 14.4 Å². The SMILES string of the molecule is CCOc1cc(C2C(C#N)=C(N)Oc3cc(OC(=O)c4ccccc4Cl)ccc32)ccc1OCc1ccccc1F. The van der Waals surface area contributed by atoms with Gasteiger partial charge in [0, 0.05) is 17.2 Å². The van der Waals surface area contributed by atoms with Crippen LogP contribution >= 0.6 is 11.6 Å². The minimum Gasteiger partial charge on any atom is -0.490 e. The highest BCUT2D eigenvalue weighted by Gasteiger charge is 2.32. The van der Waals surface area contributed by atoms with Crippen molar-refractivity contribution in [1.29, 1.82) is 5.26 Å². The molecule has 0 aliphatic carbocycles. The van der Waals surface area contributed by atoms with Gasteiger partial charge in [-0.2, -0.15) is 5.26 Å². The number of allylic oxidation sites excluding steroid dienone is 1. The molecule has 0 fully saturated rings. The second-order valence-corrected chi connectivity index (χ2v) is 9.42. The largest absolute Gasteiger partial charge is 0.490 e. The average Bonchev–Trinajstić information content (AvgIpc) is 2.97. The van der Waals surface area contributed by atoms with Gasteiger partial charge in [0.15, 0.2) is 11.5 Å². The van der Waals surface area contributed by atoms with Crippen LogP contribution in [0.5, 0.6) is 23.0 Å². The number of carbonyl (C=O) groups excluding carboxylic acids is 1. The number of nitrogens with two attached hydrogens (primary N) is 1. The summed E-state index contributed by atoms with van der Waals surface area (Å²) in [5.74, 6) is -0.275. The lowest BCUT2D eigenvalue weighted by molar-refractivity contribution is 0.0734. The van der Waals surface area contributed by atoms with Crippen LogP contribution in [0.3, 0.4) is 0 Å². The Kier molecular flexibility index (Phi) is 8.09. The smallest absolute Gasteiger partial charge is 0.345 e. The van der Waals surface area contributed by atoms with Gasteiger partial charge >= 0.3 is 5.97 Å². The number of rotatable bonds is 8. The molecule has 2 N–H and O–H groups in total. The standard InChI is InChI=1S/C32H24ClFN2O5/c1-2-38-29-15-19(11-14-27(29)39-18-20-7-3-6-10-26(20)34)30-23-13-12-21(16-28(23)41-31(36)24(30)17-35)40-32(37)22-8-4-5-9-25(22)33/h3-16,30H,2,18,36H2,1H3. The molecule has 9 heteroatoms. The van der Waals surface area contributed by atoms with Crippen molar-refractivity contribution in [2.24, 2.45) is 5.73 Å². The van der Waals surface area contributed by atoms with E-state index in [2.05, 4.69) is 6.07 Å². The number of fused-ring (bicyclic) bond motifs is 1. The van der Waals surface area contributed by atoms with E-state index in [0.717, 1.165) is 0 Å². The minimum absolute atomic E-state index is 0.0121. The highest BCUT2D eigenvalue weighted by atomic mass is 35.5. The van der Waals surface area contributed by atoms with Crippen LogP contribution in [0.1, 0.15) is 39.9 Å². The maximum absolute atomic E-state index is 14.1. The first kappa shape index (κ1) is 27.6. The highest BCUT2D eigenvalue weighted by Crippen LogP contribution is 2.45. The highest BCUT2D eigenvalue weighted by molar-refractivity contribution is 6.33. The summed E-state index contributed by atoms with van der Waals surface area (Å²) in [4.78, 5) is 12.7. The van der Waals surface area contributed by atoms with Gasteiger partial charge in [0.1, 0.15) is 35.6 Å². The van der Waals surface area contributed by atoms with Gasteiger partial charge in [-0.1, -0.05) is 54.1 Å². The Morgan fingerprint density at radius 3 is 2.56 bits per heavy atom. The Bertz CT molecular complexity index is 1700. The van der Waals surface area contributed by atoms with Gasteiger partial charge in [-0.3, -0.25) is 0 Å². The van der Waals surface area contributed by atoms with E-state index in [1.54, 1.807) is 72.8 Å². The number of nitrogens with zero attached hydrogens (tertiary/aromatic N) is 1. The first-order valence-corrected chi connectivity index (χ1v) is 13.1. The van der Waals surface area contributed by atoms with Crippen LogP contribution in [-0.4, -0.2) is 12.6 Å². The van der Waals surface area contributed by atoms with Crippen LogP contribution in [0.25, 0.3) is 0 Å². The van der Waals surface area contributed by atoms with Crippen LogP contribution in [0, 0.1) is 17.1 Å². The zero-order valence-corrected chi connectivity index (χ0v) is 22.7. The van der Waals surface area contributed by atoms with Crippen molar-refractivity contribution in [3.63, 3.8) is 0 Å². The number of esters is 1. The first-order valence-electron chi connectivity index (χ1n) is 12.7. The van der Waals surface area contributed by atoms with Gasteiger partial charge in [-0.25, -0.2) is 9.18 Å². The number of nitriles is 1. The fourth-order valence-corrected chi connectivity index (χ4v) is 4.71. The minimum atomic E-state index is -0.628. The van der Waals surface area contributed by atoms with Crippen LogP contribution in [0.2, 0.25) is 5.02 Å². The van der Waals surface area contributed by atoms with Crippen LogP contribution in [0.15, 0.2) is 96.4 Å². The summed E-state index contributed by atoms with van der Waals surface area (Å²) in [6.45, 7) is 2.20. The number of ether oxygens (including phenoxy) is 4. The van der Waals surface area contributed by atoms with E-state index < -0.39 is 11.9 Å². The third-order valence-corrected chi connectivity index (χ3v) is 6.77. The van der Waals surface area contributed by atoms with E-state index in [0.29, 0.717) is 40.5 Å². The maximum Gasteiger partial charge on any atom is 0.345 e. The quantitative estimate of drug-likeness (QED) is 0.182. The lowest BCUT2D eigenvalue weighted by Gasteiger charge is -2.27. The molecule has 41 heavy (non-hydrogen) atoms. The second-order valence-electron chi connectivity index (χ2n) is 9.01. The van der Waals surface area contributed by atoms with Crippen molar-refractivity contribution < 1.29 is 28.1 Å². The normalized spacial score (nSPS) is 14.0. The molecule has 4 aromatic carbocycles. The molecular formula is C32H24ClFN2O5. The predicted octanol–water partition coefficient (Wildman–Crippen LogP) is 6.89. The van der Waals surface area contributed by atoms with Crippen molar-refractivity contribution in [3.8, 4) is 29.1 Å². The summed E-state index contributed by atoms with van der Waals surface area (Å²) in [5, 5.41) is 10.2. The Morgan fingerprint density at radius 1 is 1.02 bits per heavy atom. The number of hydrogen-bond donors (Lipinski definition) is 1. The first-order chi connectivity index (χ1) is 19.9. The van der Waals surface area contributed by atoms with E-state index in [-0.39, 0.29) is 40.2 Å². The zero-order chi connectivity index (χ0) is 28.9. The number of benzene rings is 4. The molecule has 0 saturated heterocycles.